The third-order valence-corrected chi connectivity index (χ3v) is 4.99. The molecular weight excluding hydrogens is 330 g/mol. The lowest BCUT2D eigenvalue weighted by atomic mass is 9.78. The lowest BCUT2D eigenvalue weighted by Gasteiger charge is -2.37. The van der Waals surface area contributed by atoms with Crippen molar-refractivity contribution in [2.45, 2.75) is 19.4 Å². The van der Waals surface area contributed by atoms with E-state index in [1.165, 1.54) is 0 Å². The van der Waals surface area contributed by atoms with Gasteiger partial charge in [-0.05, 0) is 60.4 Å². The van der Waals surface area contributed by atoms with Crippen molar-refractivity contribution in [1.82, 2.24) is 5.32 Å². The second kappa shape index (κ2) is 6.83. The Morgan fingerprint density at radius 1 is 0.769 bits per heavy atom. The van der Waals surface area contributed by atoms with Gasteiger partial charge in [0.2, 0.25) is 0 Å². The number of methoxy groups -OCH3 is 4. The van der Waals surface area contributed by atoms with Crippen molar-refractivity contribution in [3.8, 4) is 23.0 Å². The molecule has 5 heteroatoms. The Balaban J connectivity index is 2.25. The first-order chi connectivity index (χ1) is 12.5. The van der Waals surface area contributed by atoms with E-state index >= 15 is 0 Å². The minimum absolute atomic E-state index is 0.476. The number of fused-ring (bicyclic) bond motifs is 1. The molecule has 0 saturated heterocycles. The van der Waals surface area contributed by atoms with Gasteiger partial charge in [0.15, 0.2) is 11.5 Å². The predicted molar refractivity (Wildman–Crippen MR) is 102 cm³/mol. The van der Waals surface area contributed by atoms with Crippen molar-refractivity contribution in [2.24, 2.45) is 0 Å². The number of benzene rings is 2. The van der Waals surface area contributed by atoms with Crippen LogP contribution in [0.5, 0.6) is 23.0 Å². The molecule has 26 heavy (non-hydrogen) atoms. The van der Waals surface area contributed by atoms with E-state index in [4.69, 9.17) is 18.9 Å². The first kappa shape index (κ1) is 18.0. The van der Waals surface area contributed by atoms with Crippen LogP contribution >= 0.6 is 0 Å². The highest BCUT2D eigenvalue weighted by Crippen LogP contribution is 2.44. The van der Waals surface area contributed by atoms with Crippen molar-refractivity contribution in [2.75, 3.05) is 28.4 Å². The highest BCUT2D eigenvalue weighted by atomic mass is 16.5. The lowest BCUT2D eigenvalue weighted by molar-refractivity contribution is 0.352. The molecule has 1 atom stereocenters. The zero-order chi connectivity index (χ0) is 18.9. The van der Waals surface area contributed by atoms with Crippen LogP contribution in [0, 0.1) is 0 Å². The summed E-state index contributed by atoms with van der Waals surface area (Å²) in [5.41, 5.74) is 3.91. The summed E-state index contributed by atoms with van der Waals surface area (Å²) >= 11 is 0. The number of nitrogens with one attached hydrogen (secondary N) is 1. The molecule has 138 valence electrons. The number of allylic oxidation sites excluding steroid dienone is 1. The van der Waals surface area contributed by atoms with Gasteiger partial charge >= 0.3 is 0 Å². The van der Waals surface area contributed by atoms with Gasteiger partial charge in [-0.1, -0.05) is 0 Å². The molecule has 1 aliphatic rings. The van der Waals surface area contributed by atoms with Gasteiger partial charge in [0.05, 0.1) is 34.0 Å². The van der Waals surface area contributed by atoms with E-state index in [-0.39, 0.29) is 0 Å². The van der Waals surface area contributed by atoms with Crippen LogP contribution in [0.2, 0.25) is 0 Å². The monoisotopic (exact) mass is 355 g/mol. The Hall–Kier alpha value is -2.82. The van der Waals surface area contributed by atoms with Crippen molar-refractivity contribution < 1.29 is 18.9 Å². The molecule has 0 spiro atoms. The maximum atomic E-state index is 5.53. The molecule has 0 saturated carbocycles. The summed E-state index contributed by atoms with van der Waals surface area (Å²) in [7, 11) is 6.60. The number of rotatable bonds is 5. The number of hydrogen-bond donors (Lipinski definition) is 1. The fraction of sp³-hybridized carbons (Fsp3) is 0.333. The van der Waals surface area contributed by atoms with E-state index in [0.717, 1.165) is 33.8 Å². The van der Waals surface area contributed by atoms with Gasteiger partial charge in [0.1, 0.15) is 11.5 Å². The van der Waals surface area contributed by atoms with Crippen molar-refractivity contribution >= 4 is 5.57 Å². The quantitative estimate of drug-likeness (QED) is 0.880. The SMILES string of the molecule is COc1cc(OC)cc(C2(C)NC=C(C)c3cc(OC)c(OC)cc32)c1. The molecule has 0 fully saturated rings. The molecule has 1 N–H and O–H groups in total. The maximum Gasteiger partial charge on any atom is 0.161 e. The largest absolute Gasteiger partial charge is 0.497 e. The van der Waals surface area contributed by atoms with Crippen LogP contribution in [0.15, 0.2) is 36.5 Å². The molecular formula is C21H25NO4. The van der Waals surface area contributed by atoms with Crippen LogP contribution in [-0.2, 0) is 5.54 Å². The molecule has 0 amide bonds. The highest BCUT2D eigenvalue weighted by molar-refractivity contribution is 5.74. The predicted octanol–water partition coefficient (Wildman–Crippen LogP) is 3.95. The summed E-state index contributed by atoms with van der Waals surface area (Å²) in [5.74, 6) is 2.90. The Morgan fingerprint density at radius 2 is 1.35 bits per heavy atom. The van der Waals surface area contributed by atoms with E-state index < -0.39 is 5.54 Å². The van der Waals surface area contributed by atoms with Gasteiger partial charge in [-0.2, -0.15) is 0 Å². The van der Waals surface area contributed by atoms with Gasteiger partial charge in [-0.3, -0.25) is 0 Å². The van der Waals surface area contributed by atoms with Crippen molar-refractivity contribution in [3.63, 3.8) is 0 Å². The van der Waals surface area contributed by atoms with Gasteiger partial charge in [0.25, 0.3) is 0 Å². The summed E-state index contributed by atoms with van der Waals surface area (Å²) in [5, 5.41) is 3.54. The third-order valence-electron chi connectivity index (χ3n) is 4.99. The van der Waals surface area contributed by atoms with Crippen molar-refractivity contribution in [1.29, 1.82) is 0 Å². The summed E-state index contributed by atoms with van der Waals surface area (Å²) in [6, 6.07) is 9.96. The summed E-state index contributed by atoms with van der Waals surface area (Å²) < 4.78 is 21.9. The molecule has 0 aliphatic carbocycles. The molecule has 2 aromatic carbocycles. The van der Waals surface area contributed by atoms with E-state index in [9.17, 15) is 0 Å². The molecule has 1 unspecified atom stereocenters. The van der Waals surface area contributed by atoms with Crippen LogP contribution in [-0.4, -0.2) is 28.4 Å². The number of ether oxygens (including phenoxy) is 4. The Kier molecular flexibility index (Phi) is 4.72. The minimum atomic E-state index is -0.476. The van der Waals surface area contributed by atoms with Crippen molar-refractivity contribution in [3.05, 3.63) is 53.2 Å². The summed E-state index contributed by atoms with van der Waals surface area (Å²) in [4.78, 5) is 0. The maximum absolute atomic E-state index is 5.53. The highest BCUT2D eigenvalue weighted by Gasteiger charge is 2.35. The van der Waals surface area contributed by atoms with E-state index in [2.05, 4.69) is 19.2 Å². The van der Waals surface area contributed by atoms with Crippen LogP contribution in [0.4, 0.5) is 0 Å². The summed E-state index contributed by atoms with van der Waals surface area (Å²) in [6.45, 7) is 4.21. The fourth-order valence-corrected chi connectivity index (χ4v) is 3.36. The van der Waals surface area contributed by atoms with Crippen LogP contribution < -0.4 is 24.3 Å². The normalized spacial score (nSPS) is 18.3. The molecule has 0 radical (unpaired) electrons. The van der Waals surface area contributed by atoms with Gasteiger partial charge in [-0.25, -0.2) is 0 Å². The van der Waals surface area contributed by atoms with E-state index in [0.29, 0.717) is 11.5 Å². The Labute approximate surface area is 154 Å². The number of hydrogen-bond acceptors (Lipinski definition) is 5. The van der Waals surface area contributed by atoms with Crippen LogP contribution in [0.25, 0.3) is 5.57 Å². The van der Waals surface area contributed by atoms with Gasteiger partial charge < -0.3 is 24.3 Å². The molecule has 0 bridgehead atoms. The first-order valence-electron chi connectivity index (χ1n) is 8.41. The van der Waals surface area contributed by atoms with Gasteiger partial charge in [-0.15, -0.1) is 0 Å². The molecule has 2 aromatic rings. The second-order valence-electron chi connectivity index (χ2n) is 6.45. The topological polar surface area (TPSA) is 49.0 Å². The second-order valence-corrected chi connectivity index (χ2v) is 6.45. The zero-order valence-electron chi connectivity index (χ0n) is 16.1. The molecule has 5 nitrogen and oxygen atoms in total. The molecule has 0 aromatic heterocycles. The Bertz CT molecular complexity index is 837. The average molecular weight is 355 g/mol. The Morgan fingerprint density at radius 3 is 1.88 bits per heavy atom. The van der Waals surface area contributed by atoms with Crippen LogP contribution in [0.1, 0.15) is 30.5 Å². The third kappa shape index (κ3) is 2.83. The smallest absolute Gasteiger partial charge is 0.161 e. The average Bonchev–Trinajstić information content (AvgIpc) is 2.69. The molecule has 1 aliphatic heterocycles. The minimum Gasteiger partial charge on any atom is -0.497 e. The van der Waals surface area contributed by atoms with Crippen LogP contribution in [0.3, 0.4) is 0 Å². The van der Waals surface area contributed by atoms with Gasteiger partial charge in [0, 0.05) is 12.3 Å². The molecule has 1 heterocycles. The fourth-order valence-electron chi connectivity index (χ4n) is 3.36. The summed E-state index contributed by atoms with van der Waals surface area (Å²) in [6.07, 6.45) is 2.03. The first-order valence-corrected chi connectivity index (χ1v) is 8.41. The standard InChI is InChI=1S/C21H25NO4/c1-13-12-22-21(2,14-7-15(23-3)9-16(8-14)24-4)18-11-20(26-6)19(25-5)10-17(13)18/h7-12,22H,1-6H3. The van der Waals surface area contributed by atoms with E-state index in [1.54, 1.807) is 28.4 Å². The molecule has 3 rings (SSSR count). The van der Waals surface area contributed by atoms with E-state index in [1.807, 2.05) is 36.5 Å². The zero-order valence-corrected chi connectivity index (χ0v) is 16.1. The lowest BCUT2D eigenvalue weighted by Crippen LogP contribution is -2.40.